The summed E-state index contributed by atoms with van der Waals surface area (Å²) in [5.41, 5.74) is 6.78. The molecule has 1 aromatic heterocycles. The van der Waals surface area contributed by atoms with Crippen LogP contribution in [0, 0.1) is 0 Å². The number of hydrogen-bond acceptors (Lipinski definition) is 6. The lowest BCUT2D eigenvalue weighted by Crippen LogP contribution is -2.18. The number of sulfonamides is 1. The zero-order valence-corrected chi connectivity index (χ0v) is 18.9. The Morgan fingerprint density at radius 3 is 2.56 bits per heavy atom. The van der Waals surface area contributed by atoms with Crippen molar-refractivity contribution in [1.82, 2.24) is 4.57 Å². The SMILES string of the molecule is COC(=O)c1ccccc1S(=O)(=O)/N=c1\sc(CN)cn1Cc1cccc2ccccc12. The predicted octanol–water partition coefficient (Wildman–Crippen LogP) is 3.29. The largest absolute Gasteiger partial charge is 0.465 e. The maximum Gasteiger partial charge on any atom is 0.339 e. The van der Waals surface area contributed by atoms with Gasteiger partial charge in [0.1, 0.15) is 4.90 Å². The molecule has 0 amide bonds. The fourth-order valence-electron chi connectivity index (χ4n) is 3.45. The Labute approximate surface area is 189 Å². The molecule has 4 aromatic rings. The fourth-order valence-corrected chi connectivity index (χ4v) is 5.71. The number of thiazole rings is 1. The van der Waals surface area contributed by atoms with Gasteiger partial charge in [0.15, 0.2) is 0 Å². The number of esters is 1. The lowest BCUT2D eigenvalue weighted by molar-refractivity contribution is 0.0596. The van der Waals surface area contributed by atoms with E-state index < -0.39 is 16.0 Å². The molecule has 0 unspecified atom stereocenters. The number of carbonyl (C=O) groups is 1. The number of nitrogens with zero attached hydrogens (tertiary/aromatic N) is 2. The van der Waals surface area contributed by atoms with Gasteiger partial charge in [-0.15, -0.1) is 4.40 Å². The summed E-state index contributed by atoms with van der Waals surface area (Å²) in [4.78, 5) is 12.9. The topological polar surface area (TPSA) is 104 Å². The lowest BCUT2D eigenvalue weighted by atomic mass is 10.0. The molecule has 2 N–H and O–H groups in total. The summed E-state index contributed by atoms with van der Waals surface area (Å²) in [5, 5.41) is 2.17. The quantitative estimate of drug-likeness (QED) is 0.438. The van der Waals surface area contributed by atoms with Crippen LogP contribution in [0.15, 0.2) is 82.2 Å². The molecule has 0 aliphatic heterocycles. The zero-order valence-electron chi connectivity index (χ0n) is 17.3. The minimum absolute atomic E-state index is 0.0602. The first-order valence-electron chi connectivity index (χ1n) is 9.77. The number of aromatic nitrogens is 1. The molecule has 0 saturated heterocycles. The Morgan fingerprint density at radius 1 is 1.06 bits per heavy atom. The van der Waals surface area contributed by atoms with Crippen molar-refractivity contribution in [2.24, 2.45) is 10.1 Å². The summed E-state index contributed by atoms with van der Waals surface area (Å²) >= 11 is 1.20. The fraction of sp³-hybridized carbons (Fsp3) is 0.130. The molecule has 0 atom stereocenters. The van der Waals surface area contributed by atoms with E-state index in [1.165, 1.54) is 30.6 Å². The van der Waals surface area contributed by atoms with Gasteiger partial charge < -0.3 is 15.0 Å². The van der Waals surface area contributed by atoms with E-state index in [-0.39, 0.29) is 21.8 Å². The van der Waals surface area contributed by atoms with Gasteiger partial charge in [0, 0.05) is 17.6 Å². The van der Waals surface area contributed by atoms with Crippen LogP contribution in [0.4, 0.5) is 0 Å². The molecule has 0 saturated carbocycles. The highest BCUT2D eigenvalue weighted by atomic mass is 32.2. The van der Waals surface area contributed by atoms with Crippen LogP contribution >= 0.6 is 11.3 Å². The van der Waals surface area contributed by atoms with Crippen LogP contribution in [0.2, 0.25) is 0 Å². The molecule has 1 heterocycles. The van der Waals surface area contributed by atoms with E-state index in [9.17, 15) is 13.2 Å². The van der Waals surface area contributed by atoms with Gasteiger partial charge in [-0.05, 0) is 28.5 Å². The van der Waals surface area contributed by atoms with Crippen molar-refractivity contribution in [1.29, 1.82) is 0 Å². The van der Waals surface area contributed by atoms with Crippen LogP contribution in [-0.4, -0.2) is 26.1 Å². The number of methoxy groups -OCH3 is 1. The van der Waals surface area contributed by atoms with Gasteiger partial charge >= 0.3 is 5.97 Å². The van der Waals surface area contributed by atoms with Gasteiger partial charge in [0.2, 0.25) is 4.80 Å². The number of hydrogen-bond donors (Lipinski definition) is 1. The Kier molecular flexibility index (Phi) is 6.22. The molecule has 0 fully saturated rings. The number of carbonyl (C=O) groups excluding carboxylic acids is 1. The van der Waals surface area contributed by atoms with Gasteiger partial charge in [0.05, 0.1) is 19.2 Å². The van der Waals surface area contributed by atoms with Gasteiger partial charge in [-0.3, -0.25) is 0 Å². The van der Waals surface area contributed by atoms with Crippen molar-refractivity contribution in [3.8, 4) is 0 Å². The van der Waals surface area contributed by atoms with Crippen molar-refractivity contribution >= 4 is 38.1 Å². The molecule has 9 heteroatoms. The summed E-state index contributed by atoms with van der Waals surface area (Å²) in [5.74, 6) is -0.739. The second kappa shape index (κ2) is 9.07. The van der Waals surface area contributed by atoms with Crippen LogP contribution < -0.4 is 10.5 Å². The minimum atomic E-state index is -4.18. The van der Waals surface area contributed by atoms with Crippen molar-refractivity contribution in [3.63, 3.8) is 0 Å². The highest BCUT2D eigenvalue weighted by molar-refractivity contribution is 7.90. The van der Waals surface area contributed by atoms with E-state index in [0.717, 1.165) is 21.2 Å². The van der Waals surface area contributed by atoms with Crippen molar-refractivity contribution in [2.75, 3.05) is 7.11 Å². The summed E-state index contributed by atoms with van der Waals surface area (Å²) < 4.78 is 36.9. The molecular formula is C23H21N3O4S2. The van der Waals surface area contributed by atoms with Crippen molar-refractivity contribution in [2.45, 2.75) is 18.0 Å². The maximum atomic E-state index is 13.1. The van der Waals surface area contributed by atoms with Crippen LogP contribution in [0.25, 0.3) is 10.8 Å². The average Bonchev–Trinajstić information content (AvgIpc) is 3.19. The van der Waals surface area contributed by atoms with Crippen LogP contribution in [0.5, 0.6) is 0 Å². The molecule has 4 rings (SSSR count). The zero-order chi connectivity index (χ0) is 22.7. The number of benzene rings is 3. The van der Waals surface area contributed by atoms with E-state index >= 15 is 0 Å². The third-order valence-electron chi connectivity index (χ3n) is 4.96. The molecule has 0 aliphatic rings. The van der Waals surface area contributed by atoms with Crippen molar-refractivity contribution < 1.29 is 17.9 Å². The third-order valence-corrected chi connectivity index (χ3v) is 7.44. The predicted molar refractivity (Wildman–Crippen MR) is 124 cm³/mol. The number of fused-ring (bicyclic) bond motifs is 1. The average molecular weight is 468 g/mol. The van der Waals surface area contributed by atoms with Gasteiger partial charge in [0.25, 0.3) is 10.0 Å². The second-order valence-electron chi connectivity index (χ2n) is 7.00. The van der Waals surface area contributed by atoms with Crippen LogP contribution in [0.3, 0.4) is 0 Å². The first-order chi connectivity index (χ1) is 15.4. The molecule has 164 valence electrons. The van der Waals surface area contributed by atoms with Crippen LogP contribution in [-0.2, 0) is 27.8 Å². The molecule has 7 nitrogen and oxygen atoms in total. The minimum Gasteiger partial charge on any atom is -0.465 e. The molecule has 0 bridgehead atoms. The van der Waals surface area contributed by atoms with Crippen molar-refractivity contribution in [3.05, 3.63) is 93.7 Å². The van der Waals surface area contributed by atoms with E-state index in [0.29, 0.717) is 6.54 Å². The molecule has 0 aliphatic carbocycles. The van der Waals surface area contributed by atoms with Gasteiger partial charge in [-0.25, -0.2) is 4.79 Å². The van der Waals surface area contributed by atoms with Crippen LogP contribution in [0.1, 0.15) is 20.8 Å². The Balaban J connectivity index is 1.83. The molecular weight excluding hydrogens is 446 g/mol. The van der Waals surface area contributed by atoms with Gasteiger partial charge in [-0.2, -0.15) is 8.42 Å². The summed E-state index contributed by atoms with van der Waals surface area (Å²) in [7, 11) is -2.98. The summed E-state index contributed by atoms with van der Waals surface area (Å²) in [6.07, 6.45) is 1.81. The van der Waals surface area contributed by atoms with E-state index in [1.54, 1.807) is 16.7 Å². The number of nitrogens with two attached hydrogens (primary N) is 1. The third kappa shape index (κ3) is 4.36. The monoisotopic (exact) mass is 467 g/mol. The Morgan fingerprint density at radius 2 is 1.78 bits per heavy atom. The smallest absolute Gasteiger partial charge is 0.339 e. The highest BCUT2D eigenvalue weighted by Gasteiger charge is 2.22. The van der Waals surface area contributed by atoms with E-state index in [2.05, 4.69) is 4.40 Å². The molecule has 0 radical (unpaired) electrons. The highest BCUT2D eigenvalue weighted by Crippen LogP contribution is 2.21. The maximum absolute atomic E-state index is 13.1. The second-order valence-corrected chi connectivity index (χ2v) is 9.67. The molecule has 0 spiro atoms. The Hall–Kier alpha value is -3.27. The number of ether oxygens (including phenoxy) is 1. The van der Waals surface area contributed by atoms with E-state index in [1.807, 2.05) is 48.7 Å². The number of rotatable bonds is 6. The summed E-state index contributed by atoms with van der Waals surface area (Å²) in [6.45, 7) is 0.680. The van der Waals surface area contributed by atoms with Gasteiger partial charge in [-0.1, -0.05) is 65.9 Å². The molecule has 32 heavy (non-hydrogen) atoms. The Bertz CT molecular complexity index is 1460. The lowest BCUT2D eigenvalue weighted by Gasteiger charge is -2.08. The first-order valence-corrected chi connectivity index (χ1v) is 12.0. The summed E-state index contributed by atoms with van der Waals surface area (Å²) in [6, 6.07) is 19.9. The first kappa shape index (κ1) is 21.9. The van der Waals surface area contributed by atoms with E-state index in [4.69, 9.17) is 10.5 Å². The normalized spacial score (nSPS) is 12.2. The standard InChI is InChI=1S/C23H21N3O4S2/c1-30-22(27)20-11-4-5-12-21(20)32(28,29)25-23-26(15-18(13-24)31-23)14-17-9-6-8-16-7-2-3-10-19(16)17/h2-12,15H,13-14,24H2,1H3/b25-23-. The molecule has 3 aromatic carbocycles.